The van der Waals surface area contributed by atoms with Crippen LogP contribution in [0.3, 0.4) is 0 Å². The van der Waals surface area contributed by atoms with Gasteiger partial charge in [0.1, 0.15) is 29.3 Å². The molecule has 0 bridgehead atoms. The number of benzene rings is 1. The molecule has 2 aromatic heterocycles. The molecule has 3 aromatic rings. The summed E-state index contributed by atoms with van der Waals surface area (Å²) in [5, 5.41) is 7.82. The molecule has 1 aromatic carbocycles. The van der Waals surface area contributed by atoms with Gasteiger partial charge >= 0.3 is 6.36 Å². The molecule has 1 aliphatic rings. The number of hydrogen-bond donors (Lipinski definition) is 1. The molecule has 148 valence electrons. The van der Waals surface area contributed by atoms with E-state index in [0.717, 1.165) is 38.1 Å². The molecule has 7 nitrogen and oxygen atoms in total. The zero-order valence-electron chi connectivity index (χ0n) is 14.4. The highest BCUT2D eigenvalue weighted by atomic mass is 19.4. The lowest BCUT2D eigenvalue weighted by atomic mass is 10.1. The number of ether oxygens (including phenoxy) is 2. The summed E-state index contributed by atoms with van der Waals surface area (Å²) < 4.78 is 62.1. The Morgan fingerprint density at radius 2 is 1.93 bits per heavy atom. The Balaban J connectivity index is 1.65. The van der Waals surface area contributed by atoms with Crippen molar-refractivity contribution in [2.75, 3.05) is 13.1 Å². The number of hydrogen-bond acceptors (Lipinski definition) is 6. The summed E-state index contributed by atoms with van der Waals surface area (Å²) in [7, 11) is 0. The normalized spacial score (nSPS) is 15.7. The van der Waals surface area contributed by atoms with E-state index in [4.69, 9.17) is 4.74 Å². The molecule has 4 rings (SSSR count). The van der Waals surface area contributed by atoms with Crippen molar-refractivity contribution in [1.82, 2.24) is 25.1 Å². The highest BCUT2D eigenvalue weighted by molar-refractivity contribution is 5.81. The maximum atomic E-state index is 14.4. The van der Waals surface area contributed by atoms with Crippen LogP contribution < -0.4 is 14.8 Å². The van der Waals surface area contributed by atoms with E-state index < -0.39 is 17.9 Å². The minimum Gasteiger partial charge on any atom is -0.474 e. The van der Waals surface area contributed by atoms with Gasteiger partial charge in [0.2, 0.25) is 5.88 Å². The Hall–Kier alpha value is -2.95. The molecule has 0 atom stereocenters. The van der Waals surface area contributed by atoms with Crippen LogP contribution in [0.15, 0.2) is 30.7 Å². The molecule has 28 heavy (non-hydrogen) atoms. The van der Waals surface area contributed by atoms with Gasteiger partial charge in [-0.25, -0.2) is 19.0 Å². The SMILES string of the molecule is Fc1cc(OC(F)(F)F)ccc1-n1ncc2c(OC3CCNCC3)ncnc21. The number of nitrogens with zero attached hydrogens (tertiary/aromatic N) is 4. The van der Waals surface area contributed by atoms with Crippen LogP contribution in [-0.2, 0) is 0 Å². The minimum absolute atomic E-state index is 0.00163. The van der Waals surface area contributed by atoms with Crippen molar-refractivity contribution in [1.29, 1.82) is 0 Å². The summed E-state index contributed by atoms with van der Waals surface area (Å²) in [6.45, 7) is 1.69. The number of aromatic nitrogens is 4. The molecule has 0 unspecified atom stereocenters. The van der Waals surface area contributed by atoms with Gasteiger partial charge in [0.05, 0.1) is 6.20 Å². The largest absolute Gasteiger partial charge is 0.573 e. The zero-order valence-corrected chi connectivity index (χ0v) is 14.4. The van der Waals surface area contributed by atoms with Gasteiger partial charge in [-0.15, -0.1) is 13.2 Å². The maximum Gasteiger partial charge on any atom is 0.573 e. The van der Waals surface area contributed by atoms with Crippen molar-refractivity contribution in [3.63, 3.8) is 0 Å². The van der Waals surface area contributed by atoms with Crippen molar-refractivity contribution in [2.24, 2.45) is 0 Å². The lowest BCUT2D eigenvalue weighted by Gasteiger charge is -2.23. The molecule has 0 spiro atoms. The lowest BCUT2D eigenvalue weighted by Crippen LogP contribution is -2.34. The van der Waals surface area contributed by atoms with Crippen LogP contribution in [0, 0.1) is 5.82 Å². The number of piperidine rings is 1. The summed E-state index contributed by atoms with van der Waals surface area (Å²) in [5.74, 6) is -1.26. The van der Waals surface area contributed by atoms with E-state index in [-0.39, 0.29) is 17.4 Å². The predicted octanol–water partition coefficient (Wildman–Crippen LogP) is 2.98. The monoisotopic (exact) mass is 397 g/mol. The Labute approximate surface area is 156 Å². The molecule has 11 heteroatoms. The molecule has 0 aliphatic carbocycles. The topological polar surface area (TPSA) is 74.1 Å². The fourth-order valence-electron chi connectivity index (χ4n) is 3.02. The Kier molecular flexibility index (Phi) is 4.75. The molecule has 0 saturated carbocycles. The first-order valence-electron chi connectivity index (χ1n) is 8.52. The fraction of sp³-hybridized carbons (Fsp3) is 0.353. The molecule has 1 N–H and O–H groups in total. The van der Waals surface area contributed by atoms with Crippen LogP contribution in [0.2, 0.25) is 0 Å². The molecule has 1 aliphatic heterocycles. The van der Waals surface area contributed by atoms with Crippen molar-refractivity contribution in [3.05, 3.63) is 36.5 Å². The fourth-order valence-corrected chi connectivity index (χ4v) is 3.02. The van der Waals surface area contributed by atoms with Crippen molar-refractivity contribution in [2.45, 2.75) is 25.3 Å². The van der Waals surface area contributed by atoms with E-state index in [1.54, 1.807) is 0 Å². The third-order valence-corrected chi connectivity index (χ3v) is 4.27. The first kappa shape index (κ1) is 18.4. The predicted molar refractivity (Wildman–Crippen MR) is 89.8 cm³/mol. The second-order valence-electron chi connectivity index (χ2n) is 6.20. The van der Waals surface area contributed by atoms with Crippen LogP contribution in [0.5, 0.6) is 11.6 Å². The van der Waals surface area contributed by atoms with Gasteiger partial charge in [-0.1, -0.05) is 0 Å². The summed E-state index contributed by atoms with van der Waals surface area (Å²) in [4.78, 5) is 8.25. The average molecular weight is 397 g/mol. The maximum absolute atomic E-state index is 14.4. The van der Waals surface area contributed by atoms with Crippen LogP contribution in [0.25, 0.3) is 16.7 Å². The number of fused-ring (bicyclic) bond motifs is 1. The van der Waals surface area contributed by atoms with Crippen molar-refractivity contribution >= 4 is 11.0 Å². The Morgan fingerprint density at radius 1 is 1.14 bits per heavy atom. The van der Waals surface area contributed by atoms with Gasteiger partial charge in [-0.3, -0.25) is 0 Å². The molecular weight excluding hydrogens is 382 g/mol. The standard InChI is InChI=1S/C17H15F4N5O2/c18-13-7-11(28-17(19,20)21)1-2-14(13)26-15-12(8-25-26)16(24-9-23-15)27-10-3-5-22-6-4-10/h1-2,7-10,22H,3-6H2. The second kappa shape index (κ2) is 7.23. The summed E-state index contributed by atoms with van der Waals surface area (Å²) in [6.07, 6.45) is -0.538. The van der Waals surface area contributed by atoms with Gasteiger partial charge in [0, 0.05) is 6.07 Å². The van der Waals surface area contributed by atoms with Gasteiger partial charge in [0.15, 0.2) is 11.5 Å². The summed E-state index contributed by atoms with van der Waals surface area (Å²) in [5.41, 5.74) is 0.207. The van der Waals surface area contributed by atoms with Crippen LogP contribution in [0.4, 0.5) is 17.6 Å². The van der Waals surface area contributed by atoms with Gasteiger partial charge < -0.3 is 14.8 Å². The molecule has 1 fully saturated rings. The van der Waals surface area contributed by atoms with Gasteiger partial charge in [-0.05, 0) is 38.1 Å². The third kappa shape index (κ3) is 3.84. The average Bonchev–Trinajstić information content (AvgIpc) is 3.06. The van der Waals surface area contributed by atoms with E-state index in [0.29, 0.717) is 17.3 Å². The van der Waals surface area contributed by atoms with E-state index in [1.807, 2.05) is 0 Å². The Morgan fingerprint density at radius 3 is 2.64 bits per heavy atom. The van der Waals surface area contributed by atoms with Gasteiger partial charge in [-0.2, -0.15) is 5.10 Å². The highest BCUT2D eigenvalue weighted by Crippen LogP contribution is 2.29. The van der Waals surface area contributed by atoms with Crippen LogP contribution in [0.1, 0.15) is 12.8 Å². The smallest absolute Gasteiger partial charge is 0.474 e. The van der Waals surface area contributed by atoms with E-state index in [2.05, 4.69) is 25.1 Å². The Bertz CT molecular complexity index is 985. The minimum atomic E-state index is -4.90. The highest BCUT2D eigenvalue weighted by Gasteiger charge is 2.31. The molecular formula is C17H15F4N5O2. The molecule has 0 radical (unpaired) electrons. The second-order valence-corrected chi connectivity index (χ2v) is 6.20. The molecule has 0 amide bonds. The number of halogens is 4. The van der Waals surface area contributed by atoms with Crippen LogP contribution >= 0.6 is 0 Å². The van der Waals surface area contributed by atoms with E-state index in [9.17, 15) is 17.6 Å². The van der Waals surface area contributed by atoms with Crippen LogP contribution in [-0.4, -0.2) is 45.3 Å². The third-order valence-electron chi connectivity index (χ3n) is 4.27. The molecule has 1 saturated heterocycles. The van der Waals surface area contributed by atoms with E-state index >= 15 is 0 Å². The number of alkyl halides is 3. The lowest BCUT2D eigenvalue weighted by molar-refractivity contribution is -0.274. The molecule has 3 heterocycles. The van der Waals surface area contributed by atoms with Gasteiger partial charge in [0.25, 0.3) is 0 Å². The number of nitrogens with one attached hydrogen (secondary N) is 1. The quantitative estimate of drug-likeness (QED) is 0.683. The van der Waals surface area contributed by atoms with E-state index in [1.165, 1.54) is 17.2 Å². The number of rotatable bonds is 4. The first-order valence-corrected chi connectivity index (χ1v) is 8.52. The van der Waals surface area contributed by atoms with Crippen molar-refractivity contribution in [3.8, 4) is 17.3 Å². The first-order chi connectivity index (χ1) is 13.4. The zero-order chi connectivity index (χ0) is 19.7. The summed E-state index contributed by atoms with van der Waals surface area (Å²) >= 11 is 0. The van der Waals surface area contributed by atoms with Crippen molar-refractivity contribution < 1.29 is 27.0 Å². The summed E-state index contributed by atoms with van der Waals surface area (Å²) in [6, 6.07) is 2.79.